The molecule has 0 bridgehead atoms. The number of aromatic nitrogens is 1. The summed E-state index contributed by atoms with van der Waals surface area (Å²) in [6.45, 7) is 8.00. The van der Waals surface area contributed by atoms with Crippen molar-refractivity contribution < 1.29 is 14.3 Å². The Morgan fingerprint density at radius 1 is 1.15 bits per heavy atom. The molecule has 0 spiro atoms. The molecule has 1 N–H and O–H groups in total. The number of anilines is 1. The van der Waals surface area contributed by atoms with Crippen LogP contribution >= 0.6 is 11.3 Å². The number of hydrogen-bond donors (Lipinski definition) is 1. The van der Waals surface area contributed by atoms with E-state index in [2.05, 4.69) is 35.1 Å². The molecule has 0 saturated carbocycles. The maximum atomic E-state index is 13.0. The molecule has 3 aromatic rings. The third kappa shape index (κ3) is 5.21. The van der Waals surface area contributed by atoms with E-state index in [0.717, 1.165) is 42.1 Å². The summed E-state index contributed by atoms with van der Waals surface area (Å²) in [6, 6.07) is 13.3. The van der Waals surface area contributed by atoms with Crippen LogP contribution in [0.5, 0.6) is 0 Å². The van der Waals surface area contributed by atoms with Gasteiger partial charge in [-0.1, -0.05) is 24.3 Å². The van der Waals surface area contributed by atoms with E-state index in [0.29, 0.717) is 12.2 Å². The Hall–Kier alpha value is -3.03. The molecule has 4 rings (SSSR count). The zero-order valence-electron chi connectivity index (χ0n) is 19.9. The summed E-state index contributed by atoms with van der Waals surface area (Å²) in [7, 11) is 0. The molecular formula is C27H31N3O3S. The monoisotopic (exact) mass is 477 g/mol. The Morgan fingerprint density at radius 3 is 2.53 bits per heavy atom. The van der Waals surface area contributed by atoms with Gasteiger partial charge >= 0.3 is 5.97 Å². The van der Waals surface area contributed by atoms with E-state index < -0.39 is 0 Å². The zero-order valence-corrected chi connectivity index (χ0v) is 20.7. The lowest BCUT2D eigenvalue weighted by Crippen LogP contribution is -2.40. The van der Waals surface area contributed by atoms with Gasteiger partial charge in [-0.25, -0.2) is 0 Å². The van der Waals surface area contributed by atoms with Crippen LogP contribution in [0.15, 0.2) is 54.9 Å². The fraction of sp³-hybridized carbons (Fsp3) is 0.370. The molecule has 6 nitrogen and oxygen atoms in total. The molecule has 1 aromatic carbocycles. The summed E-state index contributed by atoms with van der Waals surface area (Å²) in [5.41, 5.74) is 3.99. The molecule has 7 heteroatoms. The number of benzene rings is 1. The van der Waals surface area contributed by atoms with E-state index in [1.54, 1.807) is 17.5 Å². The molecule has 0 radical (unpaired) electrons. The van der Waals surface area contributed by atoms with Crippen LogP contribution in [0.4, 0.5) is 5.00 Å². The molecule has 1 fully saturated rings. The molecule has 1 aliphatic rings. The second-order valence-electron chi connectivity index (χ2n) is 8.60. The topological polar surface area (TPSA) is 71.5 Å². The van der Waals surface area contributed by atoms with Crippen molar-refractivity contribution in [3.8, 4) is 0 Å². The predicted octanol–water partition coefficient (Wildman–Crippen LogP) is 5.38. The molecule has 1 aliphatic heterocycles. The van der Waals surface area contributed by atoms with E-state index >= 15 is 0 Å². The van der Waals surface area contributed by atoms with Gasteiger partial charge in [0.15, 0.2) is 0 Å². The summed E-state index contributed by atoms with van der Waals surface area (Å²) < 4.78 is 5.26. The summed E-state index contributed by atoms with van der Waals surface area (Å²) in [5.74, 6) is -0.277. The molecule has 0 unspecified atom stereocenters. The number of carbonyl (C=O) groups excluding carboxylic acids is 2. The number of amides is 1. The minimum absolute atomic E-state index is 0.0618. The average Bonchev–Trinajstić information content (AvgIpc) is 3.14. The van der Waals surface area contributed by atoms with Gasteiger partial charge < -0.3 is 10.1 Å². The summed E-state index contributed by atoms with van der Waals surface area (Å²) in [4.78, 5) is 33.3. The number of piperidine rings is 1. The Balaban J connectivity index is 1.67. The second-order valence-corrected chi connectivity index (χ2v) is 9.82. The van der Waals surface area contributed by atoms with Crippen molar-refractivity contribution in [1.29, 1.82) is 0 Å². The van der Waals surface area contributed by atoms with Crippen molar-refractivity contribution >= 4 is 28.2 Å². The lowest BCUT2D eigenvalue weighted by Gasteiger charge is -2.37. The van der Waals surface area contributed by atoms with E-state index in [9.17, 15) is 9.59 Å². The lowest BCUT2D eigenvalue weighted by atomic mass is 9.91. The maximum absolute atomic E-state index is 13.0. The first-order chi connectivity index (χ1) is 16.5. The molecular weight excluding hydrogens is 446 g/mol. The zero-order chi connectivity index (χ0) is 24.1. The molecule has 178 valence electrons. The van der Waals surface area contributed by atoms with Crippen LogP contribution in [0.1, 0.15) is 57.7 Å². The van der Waals surface area contributed by atoms with Crippen LogP contribution in [0.3, 0.4) is 0 Å². The number of carbonyl (C=O) groups is 2. The minimum Gasteiger partial charge on any atom is -0.466 e. The van der Waals surface area contributed by atoms with Crippen LogP contribution in [0.2, 0.25) is 0 Å². The van der Waals surface area contributed by atoms with Gasteiger partial charge in [0.05, 0.1) is 18.6 Å². The van der Waals surface area contributed by atoms with Gasteiger partial charge in [-0.05, 0) is 76.0 Å². The highest BCUT2D eigenvalue weighted by Crippen LogP contribution is 2.43. The van der Waals surface area contributed by atoms with Crippen molar-refractivity contribution in [2.45, 2.75) is 39.7 Å². The number of ether oxygens (including phenoxy) is 1. The molecule has 34 heavy (non-hydrogen) atoms. The molecule has 0 aliphatic carbocycles. The Bertz CT molecular complexity index is 1120. The van der Waals surface area contributed by atoms with Crippen molar-refractivity contribution in [1.82, 2.24) is 9.88 Å². The van der Waals surface area contributed by atoms with Gasteiger partial charge in [-0.3, -0.25) is 19.5 Å². The second kappa shape index (κ2) is 10.9. The van der Waals surface area contributed by atoms with Crippen molar-refractivity contribution in [3.05, 3.63) is 82.0 Å². The van der Waals surface area contributed by atoms with Crippen LogP contribution in [0.25, 0.3) is 0 Å². The third-order valence-electron chi connectivity index (χ3n) is 6.48. The number of hydrogen-bond acceptors (Lipinski definition) is 6. The minimum atomic E-state index is -0.117. The molecule has 2 aromatic heterocycles. The number of likely N-dealkylation sites (tertiary alicyclic amines) is 1. The average molecular weight is 478 g/mol. The highest BCUT2D eigenvalue weighted by molar-refractivity contribution is 7.16. The summed E-state index contributed by atoms with van der Waals surface area (Å²) in [5, 5.41) is 4.05. The number of thiophene rings is 1. The van der Waals surface area contributed by atoms with Crippen molar-refractivity contribution in [2.24, 2.45) is 5.92 Å². The number of nitrogens with one attached hydrogen (secondary N) is 1. The smallest absolute Gasteiger partial charge is 0.309 e. The first kappa shape index (κ1) is 24.1. The first-order valence-electron chi connectivity index (χ1n) is 11.8. The Morgan fingerprint density at radius 2 is 1.88 bits per heavy atom. The molecule has 1 atom stereocenters. The summed E-state index contributed by atoms with van der Waals surface area (Å²) >= 11 is 1.61. The predicted molar refractivity (Wildman–Crippen MR) is 135 cm³/mol. The number of nitrogens with zero attached hydrogens (tertiary/aromatic N) is 2. The number of pyridine rings is 1. The number of esters is 1. The van der Waals surface area contributed by atoms with Gasteiger partial charge in [-0.15, -0.1) is 11.3 Å². The van der Waals surface area contributed by atoms with E-state index in [4.69, 9.17) is 4.74 Å². The van der Waals surface area contributed by atoms with Crippen LogP contribution < -0.4 is 5.32 Å². The van der Waals surface area contributed by atoms with Gasteiger partial charge in [0.25, 0.3) is 5.91 Å². The Labute approximate surface area is 205 Å². The quantitative estimate of drug-likeness (QED) is 0.463. The van der Waals surface area contributed by atoms with Crippen molar-refractivity contribution in [2.75, 3.05) is 25.0 Å². The van der Waals surface area contributed by atoms with Gasteiger partial charge in [0.2, 0.25) is 0 Å². The van der Waals surface area contributed by atoms with E-state index in [-0.39, 0.29) is 23.8 Å². The highest BCUT2D eigenvalue weighted by Gasteiger charge is 2.34. The number of rotatable bonds is 7. The van der Waals surface area contributed by atoms with Gasteiger partial charge in [-0.2, -0.15) is 0 Å². The van der Waals surface area contributed by atoms with Gasteiger partial charge in [0, 0.05) is 28.4 Å². The standard InChI is InChI=1S/C27H31N3O3S/c1-4-33-27(32)21-12-15-30(16-13-21)24(22-11-8-14-28-17-22)23-18(2)19(3)34-26(23)29-25(31)20-9-6-5-7-10-20/h5-11,14,17,21,24H,4,12-13,15-16H2,1-3H3,(H,29,31)/t24-/m1/s1. The van der Waals surface area contributed by atoms with Crippen LogP contribution in [0, 0.1) is 19.8 Å². The van der Waals surface area contributed by atoms with Crippen molar-refractivity contribution in [3.63, 3.8) is 0 Å². The largest absolute Gasteiger partial charge is 0.466 e. The first-order valence-corrected chi connectivity index (χ1v) is 12.6. The molecule has 1 amide bonds. The SMILES string of the molecule is CCOC(=O)C1CCN([C@H](c2cccnc2)c2c(NC(=O)c3ccccc3)sc(C)c2C)CC1. The Kier molecular flexibility index (Phi) is 7.75. The molecule has 3 heterocycles. The van der Waals surface area contributed by atoms with E-state index in [1.807, 2.05) is 49.5 Å². The fourth-order valence-electron chi connectivity index (χ4n) is 4.58. The lowest BCUT2D eigenvalue weighted by molar-refractivity contribution is -0.149. The fourth-order valence-corrected chi connectivity index (χ4v) is 5.67. The highest BCUT2D eigenvalue weighted by atomic mass is 32.1. The molecule has 1 saturated heterocycles. The van der Waals surface area contributed by atoms with E-state index in [1.165, 1.54) is 10.4 Å². The van der Waals surface area contributed by atoms with Gasteiger partial charge in [0.1, 0.15) is 5.00 Å². The maximum Gasteiger partial charge on any atom is 0.309 e. The van der Waals surface area contributed by atoms with Crippen LogP contribution in [-0.4, -0.2) is 41.5 Å². The number of aryl methyl sites for hydroxylation is 1. The summed E-state index contributed by atoms with van der Waals surface area (Å²) in [6.07, 6.45) is 5.18. The van der Waals surface area contributed by atoms with Crippen LogP contribution in [-0.2, 0) is 9.53 Å². The third-order valence-corrected chi connectivity index (χ3v) is 7.62. The normalized spacial score (nSPS) is 15.6.